The molecule has 1 aliphatic carbocycles. The van der Waals surface area contributed by atoms with Crippen LogP contribution in [0.1, 0.15) is 56.9 Å². The molecular formula is C17H22O. The Morgan fingerprint density at radius 1 is 1.00 bits per heavy atom. The lowest BCUT2D eigenvalue weighted by Crippen LogP contribution is -2.05. The van der Waals surface area contributed by atoms with Crippen molar-refractivity contribution in [2.45, 2.75) is 51.4 Å². The predicted octanol–water partition coefficient (Wildman–Crippen LogP) is 4.64. The second-order valence-electron chi connectivity index (χ2n) is 5.31. The van der Waals surface area contributed by atoms with Gasteiger partial charge >= 0.3 is 0 Å². The molecule has 2 rings (SSSR count). The molecule has 1 aliphatic rings. The minimum absolute atomic E-state index is 0.410. The average molecular weight is 242 g/mol. The fraction of sp³-hybridized carbons (Fsp3) is 0.471. The summed E-state index contributed by atoms with van der Waals surface area (Å²) in [5.41, 5.74) is 2.81. The molecule has 0 heterocycles. The van der Waals surface area contributed by atoms with Crippen LogP contribution in [-0.2, 0) is 4.79 Å². The van der Waals surface area contributed by atoms with E-state index in [2.05, 4.69) is 37.3 Å². The maximum Gasteiger partial charge on any atom is 0.132 e. The normalized spacial score (nSPS) is 22.4. The van der Waals surface area contributed by atoms with E-state index in [0.717, 1.165) is 38.5 Å². The highest BCUT2D eigenvalue weighted by molar-refractivity contribution is 5.78. The summed E-state index contributed by atoms with van der Waals surface area (Å²) in [7, 11) is 0. The molecule has 0 saturated heterocycles. The van der Waals surface area contributed by atoms with E-state index < -0.39 is 0 Å². The Kier molecular flexibility index (Phi) is 4.74. The Bertz CT molecular complexity index is 416. The van der Waals surface area contributed by atoms with Gasteiger partial charge in [-0.2, -0.15) is 0 Å². The Morgan fingerprint density at radius 2 is 1.72 bits per heavy atom. The second-order valence-corrected chi connectivity index (χ2v) is 5.31. The van der Waals surface area contributed by atoms with Crippen molar-refractivity contribution in [1.82, 2.24) is 0 Å². The Hall–Kier alpha value is -1.37. The third kappa shape index (κ3) is 3.83. The third-order valence-electron chi connectivity index (χ3n) is 3.72. The fourth-order valence-corrected chi connectivity index (χ4v) is 2.64. The molecule has 0 radical (unpaired) electrons. The van der Waals surface area contributed by atoms with Crippen molar-refractivity contribution in [3.63, 3.8) is 0 Å². The standard InChI is InChI=1S/C17H22O/c1-14-7-5-6-10-17(18)12-11-16(13-14)15-8-3-2-4-9-15/h2-4,8-9,13,16H,5-7,10-12H2,1H3/t16-/m1/s1. The number of ketones is 1. The first-order valence-electron chi connectivity index (χ1n) is 6.99. The number of carbonyl (C=O) groups is 1. The predicted molar refractivity (Wildman–Crippen MR) is 75.6 cm³/mol. The van der Waals surface area contributed by atoms with Crippen LogP contribution in [0.3, 0.4) is 0 Å². The molecule has 0 aliphatic heterocycles. The van der Waals surface area contributed by atoms with Gasteiger partial charge in [-0.15, -0.1) is 0 Å². The van der Waals surface area contributed by atoms with Gasteiger partial charge < -0.3 is 0 Å². The molecule has 0 unspecified atom stereocenters. The summed E-state index contributed by atoms with van der Waals surface area (Å²) in [6, 6.07) is 10.6. The Morgan fingerprint density at radius 3 is 2.50 bits per heavy atom. The van der Waals surface area contributed by atoms with Gasteiger partial charge in [-0.05, 0) is 38.2 Å². The maximum absolute atomic E-state index is 11.7. The first-order valence-corrected chi connectivity index (χ1v) is 6.99. The molecule has 96 valence electrons. The topological polar surface area (TPSA) is 17.1 Å². The molecule has 18 heavy (non-hydrogen) atoms. The number of benzene rings is 1. The molecule has 1 aromatic carbocycles. The van der Waals surface area contributed by atoms with Gasteiger partial charge in [-0.1, -0.05) is 42.0 Å². The van der Waals surface area contributed by atoms with Crippen molar-refractivity contribution >= 4 is 5.78 Å². The molecular weight excluding hydrogens is 220 g/mol. The van der Waals surface area contributed by atoms with Crippen LogP contribution in [0, 0.1) is 0 Å². The minimum Gasteiger partial charge on any atom is -0.300 e. The van der Waals surface area contributed by atoms with Crippen LogP contribution < -0.4 is 0 Å². The Labute approximate surface area is 110 Å². The molecule has 0 bridgehead atoms. The van der Waals surface area contributed by atoms with E-state index in [9.17, 15) is 4.79 Å². The fourth-order valence-electron chi connectivity index (χ4n) is 2.64. The van der Waals surface area contributed by atoms with Crippen molar-refractivity contribution in [1.29, 1.82) is 0 Å². The molecule has 1 aromatic rings. The lowest BCUT2D eigenvalue weighted by Gasteiger charge is -2.16. The summed E-state index contributed by atoms with van der Waals surface area (Å²) in [4.78, 5) is 11.7. The summed E-state index contributed by atoms with van der Waals surface area (Å²) < 4.78 is 0. The van der Waals surface area contributed by atoms with Gasteiger partial charge in [0.15, 0.2) is 0 Å². The number of Topliss-reactive ketones (excluding diaryl/α,β-unsaturated/α-hetero) is 1. The monoisotopic (exact) mass is 242 g/mol. The van der Waals surface area contributed by atoms with E-state index in [1.165, 1.54) is 11.1 Å². The lowest BCUT2D eigenvalue weighted by molar-refractivity contribution is -0.119. The van der Waals surface area contributed by atoms with Crippen LogP contribution in [0.4, 0.5) is 0 Å². The van der Waals surface area contributed by atoms with Crippen LogP contribution in [0.5, 0.6) is 0 Å². The van der Waals surface area contributed by atoms with Crippen LogP contribution in [0.15, 0.2) is 42.0 Å². The van der Waals surface area contributed by atoms with Gasteiger partial charge in [0.05, 0.1) is 0 Å². The highest BCUT2D eigenvalue weighted by Gasteiger charge is 2.13. The first-order chi connectivity index (χ1) is 8.75. The largest absolute Gasteiger partial charge is 0.300 e. The number of carbonyl (C=O) groups excluding carboxylic acids is 1. The van der Waals surface area contributed by atoms with Crippen LogP contribution in [0.25, 0.3) is 0 Å². The number of hydrogen-bond acceptors (Lipinski definition) is 1. The zero-order valence-corrected chi connectivity index (χ0v) is 11.2. The molecule has 0 saturated carbocycles. The second kappa shape index (κ2) is 6.53. The van der Waals surface area contributed by atoms with Gasteiger partial charge in [0.25, 0.3) is 0 Å². The average Bonchev–Trinajstić information content (AvgIpc) is 2.40. The van der Waals surface area contributed by atoms with E-state index in [1.807, 2.05) is 6.07 Å². The van der Waals surface area contributed by atoms with E-state index in [-0.39, 0.29) is 0 Å². The maximum atomic E-state index is 11.7. The summed E-state index contributed by atoms with van der Waals surface area (Å²) in [6.07, 6.45) is 8.17. The summed E-state index contributed by atoms with van der Waals surface area (Å²) in [6.45, 7) is 2.22. The van der Waals surface area contributed by atoms with E-state index in [0.29, 0.717) is 11.7 Å². The highest BCUT2D eigenvalue weighted by Crippen LogP contribution is 2.27. The smallest absolute Gasteiger partial charge is 0.132 e. The van der Waals surface area contributed by atoms with Gasteiger partial charge in [0.2, 0.25) is 0 Å². The van der Waals surface area contributed by atoms with Crippen LogP contribution >= 0.6 is 0 Å². The lowest BCUT2D eigenvalue weighted by atomic mass is 9.88. The quantitative estimate of drug-likeness (QED) is 0.656. The van der Waals surface area contributed by atoms with E-state index in [4.69, 9.17) is 0 Å². The van der Waals surface area contributed by atoms with Crippen LogP contribution in [-0.4, -0.2) is 5.78 Å². The number of hydrogen-bond donors (Lipinski definition) is 0. The van der Waals surface area contributed by atoms with Crippen molar-refractivity contribution < 1.29 is 4.79 Å². The van der Waals surface area contributed by atoms with Crippen molar-refractivity contribution in [2.24, 2.45) is 0 Å². The first kappa shape index (κ1) is 13.1. The van der Waals surface area contributed by atoms with Gasteiger partial charge in [0.1, 0.15) is 5.78 Å². The Balaban J connectivity index is 2.18. The molecule has 0 aromatic heterocycles. The van der Waals surface area contributed by atoms with Crippen molar-refractivity contribution in [3.05, 3.63) is 47.5 Å². The summed E-state index contributed by atoms with van der Waals surface area (Å²) in [5, 5.41) is 0. The van der Waals surface area contributed by atoms with Gasteiger partial charge in [0, 0.05) is 18.8 Å². The minimum atomic E-state index is 0.410. The molecule has 1 atom stereocenters. The van der Waals surface area contributed by atoms with E-state index >= 15 is 0 Å². The molecule has 0 N–H and O–H groups in total. The molecule has 1 heteroatoms. The molecule has 1 nitrogen and oxygen atoms in total. The summed E-state index contributed by atoms with van der Waals surface area (Å²) >= 11 is 0. The van der Waals surface area contributed by atoms with Crippen molar-refractivity contribution in [3.8, 4) is 0 Å². The number of rotatable bonds is 1. The highest BCUT2D eigenvalue weighted by atomic mass is 16.1. The summed E-state index contributed by atoms with van der Waals surface area (Å²) in [5.74, 6) is 0.845. The third-order valence-corrected chi connectivity index (χ3v) is 3.72. The molecule has 0 spiro atoms. The van der Waals surface area contributed by atoms with Crippen LogP contribution in [0.2, 0.25) is 0 Å². The molecule has 0 amide bonds. The SMILES string of the molecule is CC1=C[C@H](c2ccccc2)CCC(=O)CCCC1. The zero-order chi connectivity index (χ0) is 12.8. The van der Waals surface area contributed by atoms with Crippen molar-refractivity contribution in [2.75, 3.05) is 0 Å². The van der Waals surface area contributed by atoms with Gasteiger partial charge in [-0.3, -0.25) is 4.79 Å². The molecule has 0 fully saturated rings. The zero-order valence-electron chi connectivity index (χ0n) is 11.2. The van der Waals surface area contributed by atoms with Gasteiger partial charge in [-0.25, -0.2) is 0 Å². The van der Waals surface area contributed by atoms with E-state index in [1.54, 1.807) is 0 Å². The number of allylic oxidation sites excluding steroid dienone is 2.